The molecule has 0 amide bonds. The monoisotopic (exact) mass is 516 g/mol. The van der Waals surface area contributed by atoms with Crippen molar-refractivity contribution in [3.8, 4) is 17.1 Å². The van der Waals surface area contributed by atoms with E-state index in [0.29, 0.717) is 17.0 Å². The molecule has 37 heavy (non-hydrogen) atoms. The predicted molar refractivity (Wildman–Crippen MR) is 138 cm³/mol. The highest BCUT2D eigenvalue weighted by Gasteiger charge is 2.27. The lowest BCUT2D eigenvalue weighted by Crippen LogP contribution is -2.42. The minimum atomic E-state index is -4.11. The van der Waals surface area contributed by atoms with Gasteiger partial charge in [-0.3, -0.25) is 4.79 Å². The Morgan fingerprint density at radius 2 is 1.73 bits per heavy atom. The number of rotatable bonds is 8. The first kappa shape index (κ1) is 24.3. The molecule has 0 unspecified atom stereocenters. The molecule has 10 nitrogen and oxygen atoms in total. The van der Waals surface area contributed by atoms with Gasteiger partial charge in [-0.1, -0.05) is 29.3 Å². The summed E-state index contributed by atoms with van der Waals surface area (Å²) in [5, 5.41) is 23.1. The van der Waals surface area contributed by atoms with Gasteiger partial charge in [0.1, 0.15) is 6.04 Å². The molecular weight excluding hydrogens is 492 g/mol. The summed E-state index contributed by atoms with van der Waals surface area (Å²) in [4.78, 5) is 16.4. The number of aromatic nitrogens is 5. The maximum absolute atomic E-state index is 13.0. The Hall–Kier alpha value is -4.35. The summed E-state index contributed by atoms with van der Waals surface area (Å²) >= 11 is 0. The first-order valence-electron chi connectivity index (χ1n) is 11.5. The summed E-state index contributed by atoms with van der Waals surface area (Å²) in [5.74, 6) is -0.936. The van der Waals surface area contributed by atoms with Crippen LogP contribution < -0.4 is 4.72 Å². The van der Waals surface area contributed by atoms with Crippen LogP contribution in [0.15, 0.2) is 77.8 Å². The Morgan fingerprint density at radius 3 is 2.43 bits per heavy atom. The van der Waals surface area contributed by atoms with Crippen molar-refractivity contribution in [2.75, 3.05) is 0 Å². The number of carboxylic acid groups (broad SMARTS) is 1. The molecule has 0 fully saturated rings. The average Bonchev–Trinajstić information content (AvgIpc) is 3.52. The van der Waals surface area contributed by atoms with E-state index in [2.05, 4.69) is 25.1 Å². The van der Waals surface area contributed by atoms with Gasteiger partial charge in [0.2, 0.25) is 15.8 Å². The number of nitrogens with zero attached hydrogens (tertiary/aromatic N) is 4. The van der Waals surface area contributed by atoms with Crippen LogP contribution in [0.3, 0.4) is 0 Å². The number of tetrazole rings is 1. The third-order valence-corrected chi connectivity index (χ3v) is 7.53. The van der Waals surface area contributed by atoms with E-state index in [4.69, 9.17) is 0 Å². The van der Waals surface area contributed by atoms with Crippen LogP contribution in [0.25, 0.3) is 28.0 Å². The highest BCUT2D eigenvalue weighted by molar-refractivity contribution is 7.89. The van der Waals surface area contributed by atoms with Gasteiger partial charge in [0.25, 0.3) is 0 Å². The van der Waals surface area contributed by atoms with Crippen molar-refractivity contribution >= 4 is 26.9 Å². The first-order chi connectivity index (χ1) is 17.7. The Kier molecular flexibility index (Phi) is 6.32. The summed E-state index contributed by atoms with van der Waals surface area (Å²) in [6.45, 7) is 3.92. The van der Waals surface area contributed by atoms with Crippen LogP contribution >= 0.6 is 0 Å². The zero-order chi connectivity index (χ0) is 26.2. The molecule has 0 bridgehead atoms. The summed E-state index contributed by atoms with van der Waals surface area (Å²) in [6, 6.07) is 18.0. The quantitative estimate of drug-likeness (QED) is 0.287. The van der Waals surface area contributed by atoms with Crippen LogP contribution in [0.1, 0.15) is 16.7 Å². The summed E-state index contributed by atoms with van der Waals surface area (Å²) in [7, 11) is -4.11. The van der Waals surface area contributed by atoms with Crippen LogP contribution in [0.2, 0.25) is 0 Å². The minimum absolute atomic E-state index is 0.0118. The number of carboxylic acids is 1. The molecule has 5 aromatic rings. The second kappa shape index (κ2) is 9.60. The van der Waals surface area contributed by atoms with Crippen molar-refractivity contribution in [2.24, 2.45) is 0 Å². The molecule has 0 saturated heterocycles. The molecule has 2 aromatic heterocycles. The molecule has 0 aliphatic heterocycles. The number of aromatic amines is 1. The highest BCUT2D eigenvalue weighted by Crippen LogP contribution is 2.22. The van der Waals surface area contributed by atoms with Crippen LogP contribution in [0.5, 0.6) is 0 Å². The van der Waals surface area contributed by atoms with E-state index in [9.17, 15) is 18.3 Å². The highest BCUT2D eigenvalue weighted by atomic mass is 32.2. The Balaban J connectivity index is 1.34. The van der Waals surface area contributed by atoms with Crippen molar-refractivity contribution in [1.29, 1.82) is 0 Å². The van der Waals surface area contributed by atoms with Crippen molar-refractivity contribution in [3.05, 3.63) is 89.6 Å². The van der Waals surface area contributed by atoms with Crippen LogP contribution in [0, 0.1) is 13.8 Å². The molecule has 188 valence electrons. The summed E-state index contributed by atoms with van der Waals surface area (Å²) in [6.07, 6.45) is 1.70. The molecule has 2 heterocycles. The molecule has 5 rings (SSSR count). The fourth-order valence-electron chi connectivity index (χ4n) is 4.02. The summed E-state index contributed by atoms with van der Waals surface area (Å²) < 4.78 is 28.4. The van der Waals surface area contributed by atoms with Gasteiger partial charge >= 0.3 is 5.97 Å². The van der Waals surface area contributed by atoms with E-state index >= 15 is 0 Å². The molecular formula is C26H24N6O4S. The number of carbonyl (C=O) groups is 1. The third kappa shape index (κ3) is 5.13. The number of fused-ring (bicyclic) bond motifs is 1. The molecule has 0 radical (unpaired) electrons. The van der Waals surface area contributed by atoms with Gasteiger partial charge in [-0.25, -0.2) is 8.42 Å². The predicted octanol–water partition coefficient (Wildman–Crippen LogP) is 3.40. The smallest absolute Gasteiger partial charge is 0.322 e. The van der Waals surface area contributed by atoms with E-state index in [1.165, 1.54) is 16.9 Å². The number of aryl methyl sites for hydroxylation is 2. The lowest BCUT2D eigenvalue weighted by molar-refractivity contribution is -0.138. The number of nitrogens with one attached hydrogen (secondary N) is 2. The fourth-order valence-corrected chi connectivity index (χ4v) is 5.21. The van der Waals surface area contributed by atoms with E-state index in [1.54, 1.807) is 18.3 Å². The van der Waals surface area contributed by atoms with E-state index < -0.39 is 22.0 Å². The second-order valence-electron chi connectivity index (χ2n) is 8.84. The van der Waals surface area contributed by atoms with Gasteiger partial charge in [-0.15, -0.1) is 15.0 Å². The number of hydrogen-bond acceptors (Lipinski definition) is 6. The molecule has 11 heteroatoms. The maximum Gasteiger partial charge on any atom is 0.322 e. The van der Waals surface area contributed by atoms with Crippen LogP contribution in [0.4, 0.5) is 0 Å². The zero-order valence-electron chi connectivity index (χ0n) is 20.1. The molecule has 3 aromatic carbocycles. The topological polar surface area (TPSA) is 143 Å². The SMILES string of the molecule is Cc1ccc(-n2nnc(-c3ccc(S(=O)(=O)N[C@H](Cc4c[nH]c5ccc(C)cc45)C(=O)O)cc3)n2)cc1. The largest absolute Gasteiger partial charge is 0.480 e. The van der Waals surface area contributed by atoms with Crippen LogP contribution in [-0.4, -0.2) is 50.7 Å². The lowest BCUT2D eigenvalue weighted by Gasteiger charge is -2.15. The number of sulfonamides is 1. The van der Waals surface area contributed by atoms with Crippen molar-refractivity contribution < 1.29 is 18.3 Å². The van der Waals surface area contributed by atoms with Gasteiger partial charge in [-0.05, 0) is 73.2 Å². The van der Waals surface area contributed by atoms with E-state index in [1.807, 2.05) is 56.3 Å². The molecule has 0 saturated carbocycles. The number of aliphatic carboxylic acids is 1. The van der Waals surface area contributed by atoms with Gasteiger partial charge < -0.3 is 10.1 Å². The Labute approximate surface area is 213 Å². The van der Waals surface area contributed by atoms with E-state index in [-0.39, 0.29) is 11.3 Å². The number of benzene rings is 3. The maximum atomic E-state index is 13.0. The molecule has 0 aliphatic carbocycles. The first-order valence-corrected chi connectivity index (χ1v) is 13.0. The van der Waals surface area contributed by atoms with Crippen molar-refractivity contribution in [2.45, 2.75) is 31.2 Å². The molecule has 0 aliphatic rings. The Morgan fingerprint density at radius 1 is 1.03 bits per heavy atom. The normalized spacial score (nSPS) is 12.6. The number of H-pyrrole nitrogens is 1. The third-order valence-electron chi connectivity index (χ3n) is 6.04. The average molecular weight is 517 g/mol. The summed E-state index contributed by atoms with van der Waals surface area (Å²) in [5.41, 5.74) is 5.02. The number of hydrogen-bond donors (Lipinski definition) is 3. The molecule has 3 N–H and O–H groups in total. The van der Waals surface area contributed by atoms with Gasteiger partial charge in [0.05, 0.1) is 10.6 Å². The lowest BCUT2D eigenvalue weighted by atomic mass is 10.0. The minimum Gasteiger partial charge on any atom is -0.480 e. The van der Waals surface area contributed by atoms with Gasteiger partial charge in [0.15, 0.2) is 0 Å². The van der Waals surface area contributed by atoms with Crippen molar-refractivity contribution in [3.63, 3.8) is 0 Å². The molecule has 1 atom stereocenters. The standard InChI is InChI=1S/C26H24N6O4S/c1-16-3-8-20(9-4-16)32-29-25(28-31-32)18-6-10-21(11-7-18)37(35,36)30-24(26(33)34)14-19-15-27-23-12-5-17(2)13-22(19)23/h3-13,15,24,27,30H,14H2,1-2H3,(H,33,34)/t24-/m1/s1. The van der Waals surface area contributed by atoms with E-state index in [0.717, 1.165) is 27.7 Å². The molecule has 0 spiro atoms. The van der Waals surface area contributed by atoms with Gasteiger partial charge in [-0.2, -0.15) is 4.72 Å². The second-order valence-corrected chi connectivity index (χ2v) is 10.6. The van der Waals surface area contributed by atoms with Crippen LogP contribution in [-0.2, 0) is 21.2 Å². The fraction of sp³-hybridized carbons (Fsp3) is 0.154. The van der Waals surface area contributed by atoms with Gasteiger partial charge in [0, 0.05) is 29.1 Å². The Bertz CT molecular complexity index is 1690. The van der Waals surface area contributed by atoms with Crippen molar-refractivity contribution in [1.82, 2.24) is 29.9 Å². The zero-order valence-corrected chi connectivity index (χ0v) is 20.9.